The molecule has 0 saturated heterocycles. The second kappa shape index (κ2) is 7.37. The molecule has 0 aromatic heterocycles. The first-order valence-electron chi connectivity index (χ1n) is 11.9. The first kappa shape index (κ1) is 19.8. The Kier molecular flexibility index (Phi) is 4.57. The molecule has 4 aliphatic carbocycles. The molecular formula is C29H30O3. The lowest BCUT2D eigenvalue weighted by atomic mass is 9.48. The van der Waals surface area contributed by atoms with Crippen molar-refractivity contribution in [2.75, 3.05) is 14.2 Å². The Bertz CT molecular complexity index is 1170. The van der Waals surface area contributed by atoms with Gasteiger partial charge >= 0.3 is 5.97 Å². The highest BCUT2D eigenvalue weighted by molar-refractivity contribution is 5.96. The van der Waals surface area contributed by atoms with Crippen LogP contribution in [-0.4, -0.2) is 20.2 Å². The predicted molar refractivity (Wildman–Crippen MR) is 127 cm³/mol. The molecule has 164 valence electrons. The van der Waals surface area contributed by atoms with Crippen LogP contribution in [0.3, 0.4) is 0 Å². The summed E-state index contributed by atoms with van der Waals surface area (Å²) in [4.78, 5) is 11.9. The van der Waals surface area contributed by atoms with Crippen molar-refractivity contribution in [3.05, 3.63) is 65.7 Å². The van der Waals surface area contributed by atoms with Crippen LogP contribution in [0.2, 0.25) is 0 Å². The Balaban J connectivity index is 1.41. The molecule has 3 heteroatoms. The van der Waals surface area contributed by atoms with Crippen molar-refractivity contribution in [3.63, 3.8) is 0 Å². The molecule has 3 aromatic carbocycles. The summed E-state index contributed by atoms with van der Waals surface area (Å²) in [5.74, 6) is 3.46. The molecule has 0 spiro atoms. The van der Waals surface area contributed by atoms with Crippen LogP contribution in [0.4, 0.5) is 0 Å². The van der Waals surface area contributed by atoms with Crippen molar-refractivity contribution in [3.8, 4) is 16.9 Å². The molecule has 3 aromatic rings. The maximum Gasteiger partial charge on any atom is 0.337 e. The molecule has 0 unspecified atom stereocenters. The van der Waals surface area contributed by atoms with Gasteiger partial charge in [-0.3, -0.25) is 0 Å². The third-order valence-corrected chi connectivity index (χ3v) is 8.40. The highest BCUT2D eigenvalue weighted by Crippen LogP contribution is 2.62. The standard InChI is InChI=1S/C29H30O3/c1-31-27-8-7-24(14-26(27)29-15-18-9-19(16-29)11-20(10-18)17-29)22-3-4-23-13-25(28(30)32-2)6-5-21(23)12-22/h3-8,12-14,18-20H,9-11,15-17H2,1-2H3. The fraction of sp³-hybridized carbons (Fsp3) is 0.414. The van der Waals surface area contributed by atoms with Crippen LogP contribution < -0.4 is 4.74 Å². The monoisotopic (exact) mass is 426 g/mol. The molecule has 4 aliphatic rings. The Labute approximate surface area is 189 Å². The van der Waals surface area contributed by atoms with Gasteiger partial charge in [0, 0.05) is 5.56 Å². The Morgan fingerprint density at radius 2 is 1.38 bits per heavy atom. The summed E-state index contributed by atoms with van der Waals surface area (Å²) in [6.07, 6.45) is 8.31. The number of esters is 1. The van der Waals surface area contributed by atoms with E-state index >= 15 is 0 Å². The molecule has 0 radical (unpaired) electrons. The minimum absolute atomic E-state index is 0.294. The van der Waals surface area contributed by atoms with Crippen LogP contribution >= 0.6 is 0 Å². The van der Waals surface area contributed by atoms with Gasteiger partial charge in [-0.05, 0) is 114 Å². The van der Waals surface area contributed by atoms with E-state index in [2.05, 4.69) is 36.4 Å². The number of benzene rings is 3. The van der Waals surface area contributed by atoms with Crippen LogP contribution in [-0.2, 0) is 10.2 Å². The number of methoxy groups -OCH3 is 2. The lowest BCUT2D eigenvalue weighted by Gasteiger charge is -2.57. The molecule has 0 atom stereocenters. The van der Waals surface area contributed by atoms with E-state index in [1.165, 1.54) is 62.3 Å². The quantitative estimate of drug-likeness (QED) is 0.432. The predicted octanol–water partition coefficient (Wildman–Crippen LogP) is 6.77. The van der Waals surface area contributed by atoms with Crippen LogP contribution in [0.15, 0.2) is 54.6 Å². The summed E-state index contributed by atoms with van der Waals surface area (Å²) < 4.78 is 10.8. The van der Waals surface area contributed by atoms with Gasteiger partial charge in [0.1, 0.15) is 5.75 Å². The average Bonchev–Trinajstić information content (AvgIpc) is 2.81. The zero-order valence-electron chi connectivity index (χ0n) is 18.9. The van der Waals surface area contributed by atoms with E-state index in [1.807, 2.05) is 25.3 Å². The second-order valence-corrected chi connectivity index (χ2v) is 10.4. The fourth-order valence-corrected chi connectivity index (χ4v) is 7.41. The topological polar surface area (TPSA) is 35.5 Å². The van der Waals surface area contributed by atoms with Crippen molar-refractivity contribution >= 4 is 16.7 Å². The zero-order chi connectivity index (χ0) is 21.9. The van der Waals surface area contributed by atoms with Gasteiger partial charge in [-0.25, -0.2) is 4.79 Å². The minimum Gasteiger partial charge on any atom is -0.496 e. The molecule has 4 saturated carbocycles. The molecule has 4 bridgehead atoms. The van der Waals surface area contributed by atoms with Gasteiger partial charge in [-0.1, -0.05) is 24.3 Å². The van der Waals surface area contributed by atoms with E-state index in [4.69, 9.17) is 9.47 Å². The number of carbonyl (C=O) groups is 1. The van der Waals surface area contributed by atoms with Crippen LogP contribution in [0.25, 0.3) is 21.9 Å². The average molecular weight is 427 g/mol. The summed E-state index contributed by atoms with van der Waals surface area (Å²) in [5, 5.41) is 2.17. The summed E-state index contributed by atoms with van der Waals surface area (Å²) in [6.45, 7) is 0. The van der Waals surface area contributed by atoms with Crippen molar-refractivity contribution in [2.45, 2.75) is 43.9 Å². The van der Waals surface area contributed by atoms with E-state index in [0.29, 0.717) is 11.0 Å². The first-order chi connectivity index (χ1) is 15.6. The van der Waals surface area contributed by atoms with Gasteiger partial charge < -0.3 is 9.47 Å². The van der Waals surface area contributed by atoms with Gasteiger partial charge in [-0.2, -0.15) is 0 Å². The SMILES string of the molecule is COC(=O)c1ccc2cc(-c3ccc(OC)c(C45CC6CC(CC(C6)C4)C5)c3)ccc2c1. The van der Waals surface area contributed by atoms with Gasteiger partial charge in [0.2, 0.25) is 0 Å². The van der Waals surface area contributed by atoms with E-state index in [1.54, 1.807) is 0 Å². The number of hydrogen-bond acceptors (Lipinski definition) is 3. The number of fused-ring (bicyclic) bond motifs is 1. The molecular weight excluding hydrogens is 396 g/mol. The molecule has 7 rings (SSSR count). The summed E-state index contributed by atoms with van der Waals surface area (Å²) in [6, 6.07) is 19.0. The number of hydrogen-bond donors (Lipinski definition) is 0. The van der Waals surface area contributed by atoms with Crippen LogP contribution in [0.5, 0.6) is 5.75 Å². The van der Waals surface area contributed by atoms with Crippen LogP contribution in [0.1, 0.15) is 54.4 Å². The molecule has 0 N–H and O–H groups in total. The molecule has 32 heavy (non-hydrogen) atoms. The van der Waals surface area contributed by atoms with E-state index in [9.17, 15) is 4.79 Å². The zero-order valence-corrected chi connectivity index (χ0v) is 18.9. The molecule has 4 fully saturated rings. The molecule has 0 heterocycles. The van der Waals surface area contributed by atoms with E-state index in [0.717, 1.165) is 34.3 Å². The molecule has 3 nitrogen and oxygen atoms in total. The summed E-state index contributed by atoms with van der Waals surface area (Å²) in [5.41, 5.74) is 4.76. The van der Waals surface area contributed by atoms with Crippen LogP contribution in [0, 0.1) is 17.8 Å². The maximum absolute atomic E-state index is 11.9. The highest BCUT2D eigenvalue weighted by atomic mass is 16.5. The van der Waals surface area contributed by atoms with Crippen molar-refractivity contribution in [1.82, 2.24) is 0 Å². The smallest absolute Gasteiger partial charge is 0.337 e. The number of carbonyl (C=O) groups excluding carboxylic acids is 1. The third kappa shape index (κ3) is 3.13. The third-order valence-electron chi connectivity index (χ3n) is 8.40. The lowest BCUT2D eigenvalue weighted by Crippen LogP contribution is -2.48. The van der Waals surface area contributed by atoms with Crippen molar-refractivity contribution in [1.29, 1.82) is 0 Å². The second-order valence-electron chi connectivity index (χ2n) is 10.4. The van der Waals surface area contributed by atoms with E-state index < -0.39 is 0 Å². The normalized spacial score (nSPS) is 28.1. The Hall–Kier alpha value is -2.81. The molecule has 0 aliphatic heterocycles. The Morgan fingerprint density at radius 3 is 2.03 bits per heavy atom. The summed E-state index contributed by atoms with van der Waals surface area (Å²) >= 11 is 0. The number of ether oxygens (including phenoxy) is 2. The van der Waals surface area contributed by atoms with E-state index in [-0.39, 0.29) is 5.97 Å². The van der Waals surface area contributed by atoms with Gasteiger partial charge in [0.05, 0.1) is 19.8 Å². The Morgan fingerprint density at radius 1 is 0.781 bits per heavy atom. The van der Waals surface area contributed by atoms with Crippen molar-refractivity contribution in [2.24, 2.45) is 17.8 Å². The van der Waals surface area contributed by atoms with Crippen molar-refractivity contribution < 1.29 is 14.3 Å². The highest BCUT2D eigenvalue weighted by Gasteiger charge is 2.52. The van der Waals surface area contributed by atoms with Gasteiger partial charge in [0.25, 0.3) is 0 Å². The van der Waals surface area contributed by atoms with Gasteiger partial charge in [0.15, 0.2) is 0 Å². The molecule has 0 amide bonds. The summed E-state index contributed by atoms with van der Waals surface area (Å²) in [7, 11) is 3.23. The largest absolute Gasteiger partial charge is 0.496 e. The number of rotatable bonds is 4. The maximum atomic E-state index is 11.9. The minimum atomic E-state index is -0.300. The fourth-order valence-electron chi connectivity index (χ4n) is 7.41. The first-order valence-corrected chi connectivity index (χ1v) is 11.9. The lowest BCUT2D eigenvalue weighted by molar-refractivity contribution is -0.00613. The van der Waals surface area contributed by atoms with Gasteiger partial charge in [-0.15, -0.1) is 0 Å².